The number of amides is 2. The summed E-state index contributed by atoms with van der Waals surface area (Å²) in [5.41, 5.74) is 2.27. The smallest absolute Gasteiger partial charge is 0.413 e. The van der Waals surface area contributed by atoms with Gasteiger partial charge in [-0.05, 0) is 61.3 Å². The number of ether oxygens (including phenoxy) is 1. The summed E-state index contributed by atoms with van der Waals surface area (Å²) in [5, 5.41) is 2.95. The van der Waals surface area contributed by atoms with Crippen LogP contribution in [-0.2, 0) is 16.1 Å². The number of carbonyl (C=O) groups is 2. The molecule has 154 valence electrons. The summed E-state index contributed by atoms with van der Waals surface area (Å²) < 4.78 is 18.1. The van der Waals surface area contributed by atoms with E-state index in [0.717, 1.165) is 24.9 Å². The predicted octanol–water partition coefficient (Wildman–Crippen LogP) is 3.88. The minimum atomic E-state index is -0.456. The van der Waals surface area contributed by atoms with E-state index < -0.39 is 6.09 Å². The van der Waals surface area contributed by atoms with Crippen LogP contribution < -0.4 is 10.2 Å². The third kappa shape index (κ3) is 5.54. The highest BCUT2D eigenvalue weighted by molar-refractivity contribution is 5.93. The van der Waals surface area contributed by atoms with Crippen LogP contribution in [0.15, 0.2) is 48.5 Å². The molecule has 1 heterocycles. The molecule has 7 heteroatoms. The molecule has 1 atom stereocenters. The number of hydrogen-bond donors (Lipinski definition) is 1. The standard InChI is InChI=1S/C22H26FN3O3/c1-25(22(28)29-2)20-10-8-19(9-11-20)24-21(27)17-6-4-12-26(15-17)14-16-5-3-7-18(23)13-16/h3,5,7-11,13,17H,4,6,12,14-15H2,1-2H3,(H,24,27). The zero-order valence-electron chi connectivity index (χ0n) is 16.7. The fraction of sp³-hybridized carbons (Fsp3) is 0.364. The lowest BCUT2D eigenvalue weighted by molar-refractivity contribution is -0.121. The molecule has 2 aromatic rings. The van der Waals surface area contributed by atoms with Crippen LogP contribution in [0.2, 0.25) is 0 Å². The van der Waals surface area contributed by atoms with Gasteiger partial charge in [-0.3, -0.25) is 14.6 Å². The minimum absolute atomic E-state index is 0.0250. The summed E-state index contributed by atoms with van der Waals surface area (Å²) in [6.45, 7) is 2.18. The third-order valence-corrected chi connectivity index (χ3v) is 5.14. The van der Waals surface area contributed by atoms with E-state index in [-0.39, 0.29) is 17.6 Å². The van der Waals surface area contributed by atoms with Gasteiger partial charge in [-0.15, -0.1) is 0 Å². The van der Waals surface area contributed by atoms with Crippen LogP contribution in [0.4, 0.5) is 20.6 Å². The molecular weight excluding hydrogens is 373 g/mol. The molecule has 2 aromatic carbocycles. The van der Waals surface area contributed by atoms with Crippen molar-refractivity contribution in [3.8, 4) is 0 Å². The molecule has 1 aliphatic heterocycles. The van der Waals surface area contributed by atoms with Gasteiger partial charge < -0.3 is 10.1 Å². The second-order valence-electron chi connectivity index (χ2n) is 7.27. The van der Waals surface area contributed by atoms with Crippen molar-refractivity contribution >= 4 is 23.4 Å². The van der Waals surface area contributed by atoms with Crippen LogP contribution in [0.1, 0.15) is 18.4 Å². The van der Waals surface area contributed by atoms with Gasteiger partial charge in [0.25, 0.3) is 0 Å². The van der Waals surface area contributed by atoms with E-state index in [4.69, 9.17) is 4.74 Å². The van der Waals surface area contributed by atoms with Crippen molar-refractivity contribution < 1.29 is 18.7 Å². The van der Waals surface area contributed by atoms with Gasteiger partial charge in [-0.2, -0.15) is 0 Å². The molecule has 1 fully saturated rings. The molecule has 0 aliphatic carbocycles. The maximum absolute atomic E-state index is 13.4. The maximum atomic E-state index is 13.4. The van der Waals surface area contributed by atoms with E-state index >= 15 is 0 Å². The van der Waals surface area contributed by atoms with E-state index in [1.807, 2.05) is 6.07 Å². The molecule has 1 aliphatic rings. The monoisotopic (exact) mass is 399 g/mol. The number of anilines is 2. The Labute approximate surface area is 170 Å². The highest BCUT2D eigenvalue weighted by atomic mass is 19.1. The van der Waals surface area contributed by atoms with Gasteiger partial charge in [0.05, 0.1) is 13.0 Å². The Bertz CT molecular complexity index is 857. The summed E-state index contributed by atoms with van der Waals surface area (Å²) in [6, 6.07) is 13.6. The Kier molecular flexibility index (Phi) is 6.82. The molecule has 0 spiro atoms. The molecule has 0 aromatic heterocycles. The van der Waals surface area contributed by atoms with Gasteiger partial charge in [0, 0.05) is 31.5 Å². The molecule has 0 radical (unpaired) electrons. The fourth-order valence-electron chi connectivity index (χ4n) is 3.56. The zero-order chi connectivity index (χ0) is 20.8. The Morgan fingerprint density at radius 1 is 1.24 bits per heavy atom. The van der Waals surface area contributed by atoms with E-state index in [1.165, 1.54) is 24.1 Å². The average Bonchev–Trinajstić information content (AvgIpc) is 2.73. The Balaban J connectivity index is 1.56. The van der Waals surface area contributed by atoms with E-state index in [0.29, 0.717) is 24.5 Å². The largest absolute Gasteiger partial charge is 0.452 e. The summed E-state index contributed by atoms with van der Waals surface area (Å²) in [7, 11) is 2.95. The van der Waals surface area contributed by atoms with Crippen LogP contribution in [0, 0.1) is 11.7 Å². The van der Waals surface area contributed by atoms with Gasteiger partial charge in [0.2, 0.25) is 5.91 Å². The van der Waals surface area contributed by atoms with Crippen LogP contribution in [0.25, 0.3) is 0 Å². The molecule has 6 nitrogen and oxygen atoms in total. The van der Waals surface area contributed by atoms with Crippen molar-refractivity contribution in [1.29, 1.82) is 0 Å². The molecule has 29 heavy (non-hydrogen) atoms. The molecule has 1 N–H and O–H groups in total. The second kappa shape index (κ2) is 9.52. The first-order valence-electron chi connectivity index (χ1n) is 9.65. The lowest BCUT2D eigenvalue weighted by Crippen LogP contribution is -2.40. The molecule has 0 saturated carbocycles. The van der Waals surface area contributed by atoms with Crippen molar-refractivity contribution in [1.82, 2.24) is 4.90 Å². The van der Waals surface area contributed by atoms with Gasteiger partial charge >= 0.3 is 6.09 Å². The molecule has 1 unspecified atom stereocenters. The average molecular weight is 399 g/mol. The zero-order valence-corrected chi connectivity index (χ0v) is 16.7. The highest BCUT2D eigenvalue weighted by Gasteiger charge is 2.26. The quantitative estimate of drug-likeness (QED) is 0.829. The van der Waals surface area contributed by atoms with E-state index in [9.17, 15) is 14.0 Å². The molecule has 2 amide bonds. The molecule has 3 rings (SSSR count). The van der Waals surface area contributed by atoms with E-state index in [1.54, 1.807) is 37.4 Å². The normalized spacial score (nSPS) is 16.9. The van der Waals surface area contributed by atoms with Gasteiger partial charge in [-0.25, -0.2) is 9.18 Å². The maximum Gasteiger partial charge on any atom is 0.413 e. The molecule has 0 bridgehead atoms. The van der Waals surface area contributed by atoms with Crippen LogP contribution in [-0.4, -0.2) is 44.1 Å². The van der Waals surface area contributed by atoms with E-state index in [2.05, 4.69) is 10.2 Å². The first kappa shape index (κ1) is 20.8. The van der Waals surface area contributed by atoms with Gasteiger partial charge in [-0.1, -0.05) is 12.1 Å². The molecule has 1 saturated heterocycles. The lowest BCUT2D eigenvalue weighted by atomic mass is 9.96. The van der Waals surface area contributed by atoms with Crippen LogP contribution >= 0.6 is 0 Å². The van der Waals surface area contributed by atoms with Gasteiger partial charge in [0.15, 0.2) is 0 Å². The number of halogens is 1. The van der Waals surface area contributed by atoms with Crippen LogP contribution in [0.5, 0.6) is 0 Å². The number of piperidine rings is 1. The number of benzene rings is 2. The fourth-order valence-corrected chi connectivity index (χ4v) is 3.56. The Hall–Kier alpha value is -2.93. The first-order valence-corrected chi connectivity index (χ1v) is 9.65. The topological polar surface area (TPSA) is 61.9 Å². The molecular formula is C22H26FN3O3. The number of methoxy groups -OCH3 is 1. The summed E-state index contributed by atoms with van der Waals surface area (Å²) >= 11 is 0. The van der Waals surface area contributed by atoms with Crippen molar-refractivity contribution in [2.45, 2.75) is 19.4 Å². The summed E-state index contributed by atoms with van der Waals surface area (Å²) in [6.07, 6.45) is 1.30. The van der Waals surface area contributed by atoms with Crippen molar-refractivity contribution in [3.63, 3.8) is 0 Å². The lowest BCUT2D eigenvalue weighted by Gasteiger charge is -2.32. The highest BCUT2D eigenvalue weighted by Crippen LogP contribution is 2.22. The summed E-state index contributed by atoms with van der Waals surface area (Å²) in [5.74, 6) is -0.382. The minimum Gasteiger partial charge on any atom is -0.452 e. The second-order valence-corrected chi connectivity index (χ2v) is 7.27. The van der Waals surface area contributed by atoms with Crippen molar-refractivity contribution in [2.75, 3.05) is 37.5 Å². The SMILES string of the molecule is COC(=O)N(C)c1ccc(NC(=O)C2CCCN(Cc3cccc(F)c3)C2)cc1. The summed E-state index contributed by atoms with van der Waals surface area (Å²) in [4.78, 5) is 27.9. The van der Waals surface area contributed by atoms with Crippen LogP contribution in [0.3, 0.4) is 0 Å². The number of carbonyl (C=O) groups excluding carboxylic acids is 2. The number of nitrogens with zero attached hydrogens (tertiary/aromatic N) is 2. The Morgan fingerprint density at radius 3 is 2.69 bits per heavy atom. The van der Waals surface area contributed by atoms with Crippen molar-refractivity contribution in [2.24, 2.45) is 5.92 Å². The first-order chi connectivity index (χ1) is 14.0. The Morgan fingerprint density at radius 2 is 2.00 bits per heavy atom. The van der Waals surface area contributed by atoms with Gasteiger partial charge in [0.1, 0.15) is 5.82 Å². The number of nitrogens with one attached hydrogen (secondary N) is 1. The third-order valence-electron chi connectivity index (χ3n) is 5.14. The number of rotatable bonds is 5. The number of hydrogen-bond acceptors (Lipinski definition) is 4. The number of likely N-dealkylation sites (tertiary alicyclic amines) is 1. The van der Waals surface area contributed by atoms with Crippen molar-refractivity contribution in [3.05, 3.63) is 59.9 Å². The predicted molar refractivity (Wildman–Crippen MR) is 110 cm³/mol.